The van der Waals surface area contributed by atoms with Crippen molar-refractivity contribution in [3.63, 3.8) is 0 Å². The second kappa shape index (κ2) is 9.60. The average molecular weight is 596 g/mol. The van der Waals surface area contributed by atoms with Gasteiger partial charge in [0.1, 0.15) is 22.8 Å². The van der Waals surface area contributed by atoms with Gasteiger partial charge in [0.25, 0.3) is 0 Å². The highest BCUT2D eigenvalue weighted by Gasteiger charge is 2.54. The largest absolute Gasteiger partial charge is 0.463 e. The molecule has 8 rings (SSSR count). The number of thiophene rings is 1. The van der Waals surface area contributed by atoms with E-state index in [9.17, 15) is 10.1 Å². The van der Waals surface area contributed by atoms with Crippen molar-refractivity contribution in [2.45, 2.75) is 29.4 Å². The smallest absolute Gasteiger partial charge is 0.320 e. The number of nitrogen functional groups attached to an aromatic ring is 1. The summed E-state index contributed by atoms with van der Waals surface area (Å²) in [6, 6.07) is 2.39. The summed E-state index contributed by atoms with van der Waals surface area (Å²) >= 11 is 3.40. The summed E-state index contributed by atoms with van der Waals surface area (Å²) in [7, 11) is 0. The number of nitrogens with two attached hydrogens (primary N) is 1. The standard InChI is InChI=1S/C27H33N9O3S2/c28-9-16-19-18(41-21(16)29)11-40-27(19)13-35(14-27)22-20-23(36-4-3-30-10-17(36)24(37)31-20)33-25(32-22)39-15-26(1-2-26)12-34-5-7-38-8-6-34/h17,30H,1-8,10-15,29H2,(H,31,37)/t17-/m0/s1. The lowest BCUT2D eigenvalue weighted by Gasteiger charge is -2.50. The molecule has 4 fully saturated rings. The summed E-state index contributed by atoms with van der Waals surface area (Å²) in [6.45, 7) is 8.48. The number of piperazine rings is 1. The third-order valence-electron chi connectivity index (χ3n) is 9.29. The summed E-state index contributed by atoms with van der Waals surface area (Å²) in [5.41, 5.74) is 8.69. The quantitative estimate of drug-likeness (QED) is 0.441. The van der Waals surface area contributed by atoms with Crippen molar-refractivity contribution in [2.24, 2.45) is 5.41 Å². The van der Waals surface area contributed by atoms with Gasteiger partial charge in [-0.1, -0.05) is 0 Å². The molecule has 3 saturated heterocycles. The average Bonchev–Trinajstić information content (AvgIpc) is 3.52. The van der Waals surface area contributed by atoms with Gasteiger partial charge in [-0.3, -0.25) is 9.69 Å². The number of hydrogen-bond acceptors (Lipinski definition) is 13. The van der Waals surface area contributed by atoms with Crippen LogP contribution in [0.15, 0.2) is 0 Å². The molecule has 1 atom stereocenters. The first-order chi connectivity index (χ1) is 20.0. The molecule has 5 aliphatic heterocycles. The number of rotatable bonds is 6. The Kier molecular flexibility index (Phi) is 6.05. The number of ether oxygens (including phenoxy) is 2. The van der Waals surface area contributed by atoms with Crippen LogP contribution in [0.1, 0.15) is 28.8 Å². The van der Waals surface area contributed by atoms with Gasteiger partial charge >= 0.3 is 6.01 Å². The van der Waals surface area contributed by atoms with E-state index in [1.165, 1.54) is 16.2 Å². The Morgan fingerprint density at radius 2 is 2.00 bits per heavy atom. The monoisotopic (exact) mass is 595 g/mol. The highest BCUT2D eigenvalue weighted by molar-refractivity contribution is 8.00. The van der Waals surface area contributed by atoms with E-state index in [1.807, 2.05) is 11.8 Å². The molecule has 0 aromatic carbocycles. The predicted molar refractivity (Wildman–Crippen MR) is 158 cm³/mol. The molecule has 6 aliphatic rings. The van der Waals surface area contributed by atoms with Crippen LogP contribution in [0.2, 0.25) is 0 Å². The number of morpholine rings is 1. The number of thioether (sulfide) groups is 1. The Hall–Kier alpha value is -2.83. The third-order valence-corrected chi connectivity index (χ3v) is 11.9. The minimum Gasteiger partial charge on any atom is -0.463 e. The first-order valence-corrected chi connectivity index (χ1v) is 16.1. The van der Waals surface area contributed by atoms with Crippen molar-refractivity contribution in [3.8, 4) is 12.1 Å². The lowest BCUT2D eigenvalue weighted by atomic mass is 9.88. The van der Waals surface area contributed by atoms with Crippen molar-refractivity contribution in [1.29, 1.82) is 5.26 Å². The Morgan fingerprint density at radius 1 is 1.20 bits per heavy atom. The Morgan fingerprint density at radius 3 is 2.78 bits per heavy atom. The summed E-state index contributed by atoms with van der Waals surface area (Å²) in [4.78, 5) is 30.9. The Labute approximate surface area is 246 Å². The fraction of sp³-hybridized carbons (Fsp3) is 0.630. The second-order valence-electron chi connectivity index (χ2n) is 12.0. The molecule has 0 bridgehead atoms. The molecule has 12 nitrogen and oxygen atoms in total. The summed E-state index contributed by atoms with van der Waals surface area (Å²) < 4.78 is 11.7. The van der Waals surface area contributed by atoms with Gasteiger partial charge in [-0.2, -0.15) is 15.2 Å². The van der Waals surface area contributed by atoms with Gasteiger partial charge in [-0.05, 0) is 12.8 Å². The number of nitrogens with zero attached hydrogens (tertiary/aromatic N) is 6. The fourth-order valence-electron chi connectivity index (χ4n) is 6.84. The van der Waals surface area contributed by atoms with Crippen LogP contribution in [0.3, 0.4) is 0 Å². The van der Waals surface area contributed by atoms with E-state index >= 15 is 0 Å². The topological polar surface area (TPSA) is 145 Å². The molecule has 0 unspecified atom stereocenters. The van der Waals surface area contributed by atoms with Crippen LogP contribution in [0.25, 0.3) is 0 Å². The number of carbonyl (C=O) groups excluding carboxylic acids is 1. The number of nitrogens with one attached hydrogen (secondary N) is 2. The van der Waals surface area contributed by atoms with E-state index in [0.29, 0.717) is 60.9 Å². The first kappa shape index (κ1) is 25.8. The first-order valence-electron chi connectivity index (χ1n) is 14.3. The minimum absolute atomic E-state index is 0.0456. The molecule has 0 radical (unpaired) electrons. The number of carbonyl (C=O) groups is 1. The van der Waals surface area contributed by atoms with Crippen LogP contribution in [0.5, 0.6) is 6.01 Å². The van der Waals surface area contributed by atoms with Gasteiger partial charge in [0.2, 0.25) is 5.91 Å². The molecule has 41 heavy (non-hydrogen) atoms. The summed E-state index contributed by atoms with van der Waals surface area (Å²) in [6.07, 6.45) is 2.27. The Bertz CT molecular complexity index is 1440. The molecule has 1 amide bonds. The highest BCUT2D eigenvalue weighted by atomic mass is 32.2. The lowest BCUT2D eigenvalue weighted by molar-refractivity contribution is -0.117. The van der Waals surface area contributed by atoms with Gasteiger partial charge in [-0.15, -0.1) is 23.1 Å². The van der Waals surface area contributed by atoms with Crippen LogP contribution in [0.4, 0.5) is 22.3 Å². The van der Waals surface area contributed by atoms with Crippen molar-refractivity contribution in [1.82, 2.24) is 20.2 Å². The third kappa shape index (κ3) is 4.24. The zero-order valence-corrected chi connectivity index (χ0v) is 24.4. The van der Waals surface area contributed by atoms with Crippen LogP contribution < -0.4 is 30.9 Å². The molecule has 216 valence electrons. The van der Waals surface area contributed by atoms with Crippen molar-refractivity contribution in [2.75, 3.05) is 93.0 Å². The molecular weight excluding hydrogens is 562 g/mol. The molecule has 1 saturated carbocycles. The zero-order chi connectivity index (χ0) is 27.8. The molecule has 7 heterocycles. The molecule has 14 heteroatoms. The summed E-state index contributed by atoms with van der Waals surface area (Å²) in [5.74, 6) is 2.23. The molecule has 2 aromatic heterocycles. The van der Waals surface area contributed by atoms with Crippen molar-refractivity contribution in [3.05, 3.63) is 16.0 Å². The van der Waals surface area contributed by atoms with Crippen molar-refractivity contribution >= 4 is 51.3 Å². The van der Waals surface area contributed by atoms with Crippen LogP contribution in [-0.2, 0) is 20.0 Å². The SMILES string of the molecule is N#Cc1c(N)sc2c1C1(CN(c3nc(OCC4(CN5CCOCC5)CC4)nc4c3NC(=O)[C@@H]3CNCCN43)C1)SC2. The lowest BCUT2D eigenvalue weighted by Crippen LogP contribution is -2.60. The van der Waals surface area contributed by atoms with Gasteiger partial charge < -0.3 is 35.6 Å². The van der Waals surface area contributed by atoms with Crippen LogP contribution in [-0.4, -0.2) is 99.0 Å². The predicted octanol–water partition coefficient (Wildman–Crippen LogP) is 1.18. The van der Waals surface area contributed by atoms with E-state index in [4.69, 9.17) is 25.2 Å². The molecule has 1 aliphatic carbocycles. The normalized spacial score (nSPS) is 25.5. The van der Waals surface area contributed by atoms with Gasteiger partial charge in [0.15, 0.2) is 11.6 Å². The Balaban J connectivity index is 1.09. The van der Waals surface area contributed by atoms with Gasteiger partial charge in [0, 0.05) is 74.0 Å². The second-order valence-corrected chi connectivity index (χ2v) is 14.5. The van der Waals surface area contributed by atoms with Gasteiger partial charge in [-0.25, -0.2) is 0 Å². The van der Waals surface area contributed by atoms with E-state index < -0.39 is 0 Å². The van der Waals surface area contributed by atoms with E-state index in [-0.39, 0.29) is 22.1 Å². The summed E-state index contributed by atoms with van der Waals surface area (Å²) in [5, 5.41) is 16.9. The van der Waals surface area contributed by atoms with Crippen LogP contribution in [0, 0.1) is 16.7 Å². The maximum Gasteiger partial charge on any atom is 0.320 e. The van der Waals surface area contributed by atoms with Crippen LogP contribution >= 0.6 is 23.1 Å². The van der Waals surface area contributed by atoms with Crippen molar-refractivity contribution < 1.29 is 14.3 Å². The molecular formula is C27H33N9O3S2. The van der Waals surface area contributed by atoms with Gasteiger partial charge in [0.05, 0.1) is 30.1 Å². The minimum atomic E-state index is -0.314. The molecule has 2 aromatic rings. The number of hydrogen-bond donors (Lipinski definition) is 3. The fourth-order valence-corrected chi connectivity index (χ4v) is 9.65. The molecule has 4 N–H and O–H groups in total. The maximum atomic E-state index is 13.1. The highest BCUT2D eigenvalue weighted by Crippen LogP contribution is 2.59. The number of anilines is 4. The maximum absolute atomic E-state index is 13.1. The number of nitriles is 1. The number of aromatic nitrogens is 2. The molecule has 1 spiro atoms. The zero-order valence-electron chi connectivity index (χ0n) is 22.8. The van der Waals surface area contributed by atoms with E-state index in [0.717, 1.165) is 69.4 Å². The number of fused-ring (bicyclic) bond motifs is 5. The van der Waals surface area contributed by atoms with E-state index in [1.54, 1.807) is 0 Å². The van der Waals surface area contributed by atoms with E-state index in [2.05, 4.69) is 31.4 Å². The number of amides is 1.